The Balaban J connectivity index is 2.04. The summed E-state index contributed by atoms with van der Waals surface area (Å²) < 4.78 is 2.03. The normalized spacial score (nSPS) is 10.2. The zero-order valence-electron chi connectivity index (χ0n) is 12.4. The number of hydrogen-bond acceptors (Lipinski definition) is 4. The van der Waals surface area contributed by atoms with Gasteiger partial charge >= 0.3 is 6.03 Å². The van der Waals surface area contributed by atoms with Crippen LogP contribution in [0.1, 0.15) is 5.69 Å². The second-order valence-electron chi connectivity index (χ2n) is 4.93. The van der Waals surface area contributed by atoms with Gasteiger partial charge < -0.3 is 25.8 Å². The number of benzene rings is 1. The number of urea groups is 1. The molecule has 0 aliphatic heterocycles. The van der Waals surface area contributed by atoms with Crippen molar-refractivity contribution in [2.24, 2.45) is 12.8 Å². The van der Waals surface area contributed by atoms with Crippen LogP contribution in [0.3, 0.4) is 0 Å². The average molecular weight is 288 g/mol. The van der Waals surface area contributed by atoms with Gasteiger partial charge in [-0.2, -0.15) is 0 Å². The minimum absolute atomic E-state index is 0.575. The fraction of sp³-hybridized carbons (Fsp3) is 0.286. The maximum absolute atomic E-state index is 10.8. The molecule has 2 amide bonds. The number of carbonyl (C=O) groups is 1. The molecular formula is C14H20N6O. The lowest BCUT2D eigenvalue weighted by Crippen LogP contribution is -2.19. The summed E-state index contributed by atoms with van der Waals surface area (Å²) in [6.45, 7) is 0.636. The van der Waals surface area contributed by atoms with Crippen LogP contribution in [-0.2, 0) is 13.6 Å². The van der Waals surface area contributed by atoms with Crippen molar-refractivity contribution in [1.29, 1.82) is 0 Å². The molecule has 0 fully saturated rings. The zero-order valence-corrected chi connectivity index (χ0v) is 12.4. The SMILES string of the molecule is CN(C)c1ncc(CNc2cccc(NC(N)=O)c2)n1C. The minimum Gasteiger partial charge on any atom is -0.379 e. The number of carbonyl (C=O) groups excluding carboxylic acids is 1. The third kappa shape index (κ3) is 3.65. The Morgan fingerprint density at radius 1 is 1.38 bits per heavy atom. The Labute approximate surface area is 123 Å². The number of hydrogen-bond donors (Lipinski definition) is 3. The highest BCUT2D eigenvalue weighted by Crippen LogP contribution is 2.17. The number of nitrogens with one attached hydrogen (secondary N) is 2. The lowest BCUT2D eigenvalue weighted by molar-refractivity contribution is 0.259. The van der Waals surface area contributed by atoms with Crippen molar-refractivity contribution in [2.45, 2.75) is 6.54 Å². The van der Waals surface area contributed by atoms with Gasteiger partial charge in [0.15, 0.2) is 0 Å². The largest absolute Gasteiger partial charge is 0.379 e. The minimum atomic E-state index is -0.575. The number of aromatic nitrogens is 2. The fourth-order valence-corrected chi connectivity index (χ4v) is 2.06. The summed E-state index contributed by atoms with van der Waals surface area (Å²) in [6, 6.07) is 6.81. The zero-order chi connectivity index (χ0) is 15.4. The van der Waals surface area contributed by atoms with Crippen molar-refractivity contribution in [2.75, 3.05) is 29.6 Å². The molecule has 0 saturated heterocycles. The predicted molar refractivity (Wildman–Crippen MR) is 84.5 cm³/mol. The topological polar surface area (TPSA) is 88.2 Å². The molecule has 2 aromatic rings. The van der Waals surface area contributed by atoms with Crippen molar-refractivity contribution >= 4 is 23.4 Å². The Morgan fingerprint density at radius 2 is 2.10 bits per heavy atom. The van der Waals surface area contributed by atoms with Gasteiger partial charge in [-0.3, -0.25) is 0 Å². The smallest absolute Gasteiger partial charge is 0.316 e. The molecule has 112 valence electrons. The van der Waals surface area contributed by atoms with Crippen molar-refractivity contribution in [1.82, 2.24) is 9.55 Å². The van der Waals surface area contributed by atoms with Gasteiger partial charge in [0.25, 0.3) is 0 Å². The number of nitrogens with zero attached hydrogens (tertiary/aromatic N) is 3. The van der Waals surface area contributed by atoms with E-state index in [-0.39, 0.29) is 0 Å². The molecule has 0 spiro atoms. The van der Waals surface area contributed by atoms with Crippen molar-refractivity contribution in [3.8, 4) is 0 Å². The first-order chi connectivity index (χ1) is 9.97. The van der Waals surface area contributed by atoms with E-state index in [0.717, 1.165) is 17.3 Å². The first kappa shape index (κ1) is 14.7. The van der Waals surface area contributed by atoms with Crippen LogP contribution in [0.4, 0.5) is 22.1 Å². The lowest BCUT2D eigenvalue weighted by atomic mass is 10.2. The van der Waals surface area contributed by atoms with E-state index in [9.17, 15) is 4.79 Å². The third-order valence-corrected chi connectivity index (χ3v) is 3.06. The lowest BCUT2D eigenvalue weighted by Gasteiger charge is -2.13. The summed E-state index contributed by atoms with van der Waals surface area (Å²) in [5, 5.41) is 5.84. The van der Waals surface area contributed by atoms with Crippen molar-refractivity contribution in [3.63, 3.8) is 0 Å². The third-order valence-electron chi connectivity index (χ3n) is 3.06. The monoisotopic (exact) mass is 288 g/mol. The maximum Gasteiger partial charge on any atom is 0.316 e. The number of anilines is 3. The molecule has 0 unspecified atom stereocenters. The second-order valence-corrected chi connectivity index (χ2v) is 4.93. The molecule has 21 heavy (non-hydrogen) atoms. The first-order valence-corrected chi connectivity index (χ1v) is 6.55. The summed E-state index contributed by atoms with van der Waals surface area (Å²) in [6.07, 6.45) is 1.84. The van der Waals surface area contributed by atoms with Crippen LogP contribution < -0.4 is 21.3 Å². The number of imidazole rings is 1. The van der Waals surface area contributed by atoms with Gasteiger partial charge in [0.1, 0.15) is 0 Å². The van der Waals surface area contributed by atoms with Gasteiger partial charge in [0, 0.05) is 32.5 Å². The molecule has 1 aromatic carbocycles. The van der Waals surface area contributed by atoms with E-state index in [0.29, 0.717) is 12.2 Å². The second kappa shape index (κ2) is 6.17. The van der Waals surface area contributed by atoms with Gasteiger partial charge in [-0.05, 0) is 18.2 Å². The average Bonchev–Trinajstić information content (AvgIpc) is 2.77. The van der Waals surface area contributed by atoms with Crippen LogP contribution in [0.2, 0.25) is 0 Å². The molecule has 1 heterocycles. The van der Waals surface area contributed by atoms with E-state index in [1.807, 2.05) is 55.0 Å². The first-order valence-electron chi connectivity index (χ1n) is 6.55. The highest BCUT2D eigenvalue weighted by atomic mass is 16.2. The summed E-state index contributed by atoms with van der Waals surface area (Å²) >= 11 is 0. The van der Waals surface area contributed by atoms with Crippen LogP contribution >= 0.6 is 0 Å². The summed E-state index contributed by atoms with van der Waals surface area (Å²) in [7, 11) is 5.89. The Morgan fingerprint density at radius 3 is 2.71 bits per heavy atom. The maximum atomic E-state index is 10.8. The summed E-state index contributed by atoms with van der Waals surface area (Å²) in [5.41, 5.74) is 7.72. The molecule has 0 saturated carbocycles. The van der Waals surface area contributed by atoms with E-state index >= 15 is 0 Å². The highest BCUT2D eigenvalue weighted by Gasteiger charge is 2.07. The van der Waals surface area contributed by atoms with Crippen LogP contribution in [0, 0.1) is 0 Å². The summed E-state index contributed by atoms with van der Waals surface area (Å²) in [4.78, 5) is 17.2. The molecular weight excluding hydrogens is 268 g/mol. The van der Waals surface area contributed by atoms with E-state index in [4.69, 9.17) is 5.73 Å². The van der Waals surface area contributed by atoms with E-state index in [1.54, 1.807) is 6.07 Å². The molecule has 7 nitrogen and oxygen atoms in total. The molecule has 1 aromatic heterocycles. The van der Waals surface area contributed by atoms with E-state index in [1.165, 1.54) is 0 Å². The molecule has 0 atom stereocenters. The van der Waals surface area contributed by atoms with Crippen molar-refractivity contribution in [3.05, 3.63) is 36.2 Å². The standard InChI is InChI=1S/C14H20N6O/c1-19(2)14-17-9-12(20(14)3)8-16-10-5-4-6-11(7-10)18-13(15)21/h4-7,9,16H,8H2,1-3H3,(H3,15,18,21). The highest BCUT2D eigenvalue weighted by molar-refractivity contribution is 5.88. The summed E-state index contributed by atoms with van der Waals surface area (Å²) in [5.74, 6) is 0.899. The molecule has 0 radical (unpaired) electrons. The molecule has 4 N–H and O–H groups in total. The Kier molecular flexibility index (Phi) is 4.32. The van der Waals surface area contributed by atoms with Crippen LogP contribution in [0.5, 0.6) is 0 Å². The molecule has 0 aliphatic rings. The Bertz CT molecular complexity index is 634. The molecule has 2 rings (SSSR count). The van der Waals surface area contributed by atoms with Crippen LogP contribution in [0.15, 0.2) is 30.5 Å². The van der Waals surface area contributed by atoms with E-state index < -0.39 is 6.03 Å². The van der Waals surface area contributed by atoms with Gasteiger partial charge in [0.05, 0.1) is 18.4 Å². The van der Waals surface area contributed by atoms with Crippen LogP contribution in [-0.4, -0.2) is 29.7 Å². The Hall–Kier alpha value is -2.70. The van der Waals surface area contributed by atoms with Gasteiger partial charge in [-0.25, -0.2) is 9.78 Å². The van der Waals surface area contributed by atoms with Gasteiger partial charge in [-0.15, -0.1) is 0 Å². The van der Waals surface area contributed by atoms with Crippen molar-refractivity contribution < 1.29 is 4.79 Å². The number of rotatable bonds is 5. The van der Waals surface area contributed by atoms with Gasteiger partial charge in [0.2, 0.25) is 5.95 Å². The number of nitrogens with two attached hydrogens (primary N) is 1. The fourth-order valence-electron chi connectivity index (χ4n) is 2.06. The predicted octanol–water partition coefficient (Wildman–Crippen LogP) is 1.59. The van der Waals surface area contributed by atoms with Crippen LogP contribution in [0.25, 0.3) is 0 Å². The molecule has 0 aliphatic carbocycles. The molecule has 7 heteroatoms. The van der Waals surface area contributed by atoms with E-state index in [2.05, 4.69) is 15.6 Å². The number of amides is 2. The quantitative estimate of drug-likeness (QED) is 0.779. The molecule has 0 bridgehead atoms. The van der Waals surface area contributed by atoms with Gasteiger partial charge in [-0.1, -0.05) is 6.07 Å². The number of primary amides is 1.